The van der Waals surface area contributed by atoms with Crippen LogP contribution in [0.15, 0.2) is 36.4 Å². The second kappa shape index (κ2) is 8.82. The number of rotatable bonds is 7. The maximum Gasteiger partial charge on any atom is 0.169 e. The van der Waals surface area contributed by atoms with Gasteiger partial charge in [0.2, 0.25) is 0 Å². The molecule has 0 amide bonds. The standard InChI is InChI=1S/C18H19Cl3O3/c1-11(2)7-14(22)10-23-18-9-13(20)4-6-17(18)24-16-5-3-12(19)8-15(16)21/h3-6,8-9,11,14,22H,7,10H2,1-2H3. The van der Waals surface area contributed by atoms with E-state index in [0.29, 0.717) is 44.7 Å². The normalized spacial score (nSPS) is 12.3. The summed E-state index contributed by atoms with van der Waals surface area (Å²) < 4.78 is 11.5. The van der Waals surface area contributed by atoms with Crippen LogP contribution < -0.4 is 9.47 Å². The molecule has 3 nitrogen and oxygen atoms in total. The highest BCUT2D eigenvalue weighted by molar-refractivity contribution is 6.35. The third-order valence-corrected chi connectivity index (χ3v) is 3.96. The lowest BCUT2D eigenvalue weighted by atomic mass is 10.1. The zero-order valence-corrected chi connectivity index (χ0v) is 15.7. The van der Waals surface area contributed by atoms with Crippen molar-refractivity contribution in [1.29, 1.82) is 0 Å². The van der Waals surface area contributed by atoms with Crippen molar-refractivity contribution < 1.29 is 14.6 Å². The number of hydrogen-bond donors (Lipinski definition) is 1. The average Bonchev–Trinajstić information content (AvgIpc) is 2.49. The first kappa shape index (κ1) is 19.2. The Morgan fingerprint density at radius 1 is 0.917 bits per heavy atom. The van der Waals surface area contributed by atoms with E-state index in [1.165, 1.54) is 0 Å². The van der Waals surface area contributed by atoms with Gasteiger partial charge in [-0.05, 0) is 42.7 Å². The van der Waals surface area contributed by atoms with Crippen molar-refractivity contribution >= 4 is 34.8 Å². The van der Waals surface area contributed by atoms with Crippen molar-refractivity contribution in [2.75, 3.05) is 6.61 Å². The molecule has 1 unspecified atom stereocenters. The molecule has 2 rings (SSSR count). The molecular weight excluding hydrogens is 371 g/mol. The predicted molar refractivity (Wildman–Crippen MR) is 98.9 cm³/mol. The summed E-state index contributed by atoms with van der Waals surface area (Å²) in [5.41, 5.74) is 0. The van der Waals surface area contributed by atoms with E-state index in [2.05, 4.69) is 0 Å². The lowest BCUT2D eigenvalue weighted by molar-refractivity contribution is 0.0881. The van der Waals surface area contributed by atoms with Crippen molar-refractivity contribution in [3.05, 3.63) is 51.5 Å². The summed E-state index contributed by atoms with van der Waals surface area (Å²) in [5.74, 6) is 1.74. The second-order valence-electron chi connectivity index (χ2n) is 5.86. The number of aliphatic hydroxyl groups is 1. The van der Waals surface area contributed by atoms with Crippen LogP contribution in [0.1, 0.15) is 20.3 Å². The first-order chi connectivity index (χ1) is 11.3. The van der Waals surface area contributed by atoms with Gasteiger partial charge in [-0.3, -0.25) is 0 Å². The Morgan fingerprint density at radius 3 is 2.17 bits per heavy atom. The number of halogens is 3. The van der Waals surface area contributed by atoms with E-state index in [9.17, 15) is 5.11 Å². The molecule has 0 radical (unpaired) electrons. The van der Waals surface area contributed by atoms with Gasteiger partial charge in [0.1, 0.15) is 12.4 Å². The smallest absolute Gasteiger partial charge is 0.169 e. The third kappa shape index (κ3) is 5.75. The summed E-state index contributed by atoms with van der Waals surface area (Å²) in [5, 5.41) is 11.4. The first-order valence-electron chi connectivity index (χ1n) is 7.58. The largest absolute Gasteiger partial charge is 0.487 e. The van der Waals surface area contributed by atoms with Crippen LogP contribution in [0.25, 0.3) is 0 Å². The lowest BCUT2D eigenvalue weighted by Gasteiger charge is -2.17. The molecule has 1 N–H and O–H groups in total. The van der Waals surface area contributed by atoms with E-state index in [-0.39, 0.29) is 6.61 Å². The summed E-state index contributed by atoms with van der Waals surface area (Å²) in [7, 11) is 0. The van der Waals surface area contributed by atoms with Crippen molar-refractivity contribution in [1.82, 2.24) is 0 Å². The first-order valence-corrected chi connectivity index (χ1v) is 8.72. The summed E-state index contributed by atoms with van der Waals surface area (Å²) in [6.07, 6.45) is 0.0932. The Morgan fingerprint density at radius 2 is 1.54 bits per heavy atom. The quantitative estimate of drug-likeness (QED) is 0.610. The Kier molecular flexibility index (Phi) is 7.05. The van der Waals surface area contributed by atoms with Gasteiger partial charge in [0.05, 0.1) is 11.1 Å². The predicted octanol–water partition coefficient (Wildman–Crippen LogP) is 6.22. The van der Waals surface area contributed by atoms with Crippen molar-refractivity contribution in [3.63, 3.8) is 0 Å². The molecule has 0 aliphatic rings. The topological polar surface area (TPSA) is 38.7 Å². The van der Waals surface area contributed by atoms with Crippen LogP contribution in [-0.2, 0) is 0 Å². The van der Waals surface area contributed by atoms with Crippen LogP contribution in [-0.4, -0.2) is 17.8 Å². The van der Waals surface area contributed by atoms with Crippen LogP contribution >= 0.6 is 34.8 Å². The molecule has 0 saturated heterocycles. The zero-order valence-electron chi connectivity index (χ0n) is 13.4. The highest BCUT2D eigenvalue weighted by atomic mass is 35.5. The van der Waals surface area contributed by atoms with Gasteiger partial charge in [-0.1, -0.05) is 48.7 Å². The number of hydrogen-bond acceptors (Lipinski definition) is 3. The van der Waals surface area contributed by atoms with E-state index in [4.69, 9.17) is 44.3 Å². The average molecular weight is 390 g/mol. The molecule has 0 saturated carbocycles. The Balaban J connectivity index is 2.15. The number of ether oxygens (including phenoxy) is 2. The van der Waals surface area contributed by atoms with Gasteiger partial charge >= 0.3 is 0 Å². The van der Waals surface area contributed by atoms with E-state index in [0.717, 1.165) is 0 Å². The van der Waals surface area contributed by atoms with Crippen LogP contribution in [0.3, 0.4) is 0 Å². The summed E-state index contributed by atoms with van der Waals surface area (Å²) in [6, 6.07) is 9.99. The van der Waals surface area contributed by atoms with Gasteiger partial charge in [-0.2, -0.15) is 0 Å². The minimum absolute atomic E-state index is 0.156. The van der Waals surface area contributed by atoms with E-state index in [1.54, 1.807) is 36.4 Å². The summed E-state index contributed by atoms with van der Waals surface area (Å²) in [6.45, 7) is 4.24. The zero-order chi connectivity index (χ0) is 17.7. The van der Waals surface area contributed by atoms with Gasteiger partial charge in [0.25, 0.3) is 0 Å². The van der Waals surface area contributed by atoms with Crippen LogP contribution in [0, 0.1) is 5.92 Å². The fourth-order valence-electron chi connectivity index (χ4n) is 2.15. The number of benzene rings is 2. The molecule has 0 bridgehead atoms. The van der Waals surface area contributed by atoms with E-state index >= 15 is 0 Å². The Labute approximate surface area is 157 Å². The fraction of sp³-hybridized carbons (Fsp3) is 0.333. The molecule has 0 aromatic heterocycles. The highest BCUT2D eigenvalue weighted by Gasteiger charge is 2.13. The Hall–Kier alpha value is -1.13. The maximum atomic E-state index is 9.97. The van der Waals surface area contributed by atoms with Crippen LogP contribution in [0.4, 0.5) is 0 Å². The molecule has 1 atom stereocenters. The van der Waals surface area contributed by atoms with E-state index < -0.39 is 6.10 Å². The van der Waals surface area contributed by atoms with Gasteiger partial charge in [-0.25, -0.2) is 0 Å². The SMILES string of the molecule is CC(C)CC(O)COc1cc(Cl)ccc1Oc1ccc(Cl)cc1Cl. The van der Waals surface area contributed by atoms with Gasteiger partial charge < -0.3 is 14.6 Å². The Bertz CT molecular complexity index is 689. The summed E-state index contributed by atoms with van der Waals surface area (Å²) in [4.78, 5) is 0. The molecular formula is C18H19Cl3O3. The molecule has 0 spiro atoms. The molecule has 24 heavy (non-hydrogen) atoms. The molecule has 2 aromatic rings. The van der Waals surface area contributed by atoms with Crippen molar-refractivity contribution in [2.45, 2.75) is 26.4 Å². The fourth-order valence-corrected chi connectivity index (χ4v) is 2.76. The second-order valence-corrected chi connectivity index (χ2v) is 7.14. The van der Waals surface area contributed by atoms with Crippen LogP contribution in [0.5, 0.6) is 17.2 Å². The lowest BCUT2D eigenvalue weighted by Crippen LogP contribution is -2.19. The third-order valence-electron chi connectivity index (χ3n) is 3.19. The molecule has 0 aliphatic carbocycles. The monoisotopic (exact) mass is 388 g/mol. The van der Waals surface area contributed by atoms with Crippen molar-refractivity contribution in [2.24, 2.45) is 5.92 Å². The van der Waals surface area contributed by atoms with Crippen LogP contribution in [0.2, 0.25) is 15.1 Å². The molecule has 0 fully saturated rings. The maximum absolute atomic E-state index is 9.97. The van der Waals surface area contributed by atoms with Crippen molar-refractivity contribution in [3.8, 4) is 17.2 Å². The molecule has 2 aromatic carbocycles. The van der Waals surface area contributed by atoms with Gasteiger partial charge in [0, 0.05) is 16.1 Å². The van der Waals surface area contributed by atoms with Gasteiger partial charge in [0.15, 0.2) is 11.5 Å². The summed E-state index contributed by atoms with van der Waals surface area (Å²) >= 11 is 18.0. The molecule has 6 heteroatoms. The molecule has 130 valence electrons. The molecule has 0 heterocycles. The minimum atomic E-state index is -0.559. The highest BCUT2D eigenvalue weighted by Crippen LogP contribution is 2.37. The minimum Gasteiger partial charge on any atom is -0.487 e. The van der Waals surface area contributed by atoms with E-state index in [1.807, 2.05) is 13.8 Å². The number of aliphatic hydroxyl groups excluding tert-OH is 1. The molecule has 0 aliphatic heterocycles. The van der Waals surface area contributed by atoms with Gasteiger partial charge in [-0.15, -0.1) is 0 Å².